The van der Waals surface area contributed by atoms with Gasteiger partial charge in [-0.05, 0) is 57.7 Å². The number of H-pyrrole nitrogens is 2. The van der Waals surface area contributed by atoms with Crippen molar-refractivity contribution in [2.45, 2.75) is 57.0 Å². The molecule has 0 aromatic carbocycles. The van der Waals surface area contributed by atoms with Crippen molar-refractivity contribution in [2.24, 2.45) is 4.99 Å². The zero-order chi connectivity index (χ0) is 22.4. The van der Waals surface area contributed by atoms with E-state index >= 15 is 0 Å². The number of imidazole rings is 1. The van der Waals surface area contributed by atoms with Crippen LogP contribution in [0.1, 0.15) is 50.6 Å². The van der Waals surface area contributed by atoms with Gasteiger partial charge in [0.2, 0.25) is 11.8 Å². The van der Waals surface area contributed by atoms with Crippen LogP contribution < -0.4 is 21.4 Å². The van der Waals surface area contributed by atoms with E-state index in [1.165, 1.54) is 32.4 Å². The number of aromatic nitrogens is 6. The zero-order valence-electron chi connectivity index (χ0n) is 18.6. The van der Waals surface area contributed by atoms with E-state index in [2.05, 4.69) is 24.9 Å². The van der Waals surface area contributed by atoms with Gasteiger partial charge in [-0.25, -0.2) is 9.79 Å². The van der Waals surface area contributed by atoms with Crippen molar-refractivity contribution in [3.05, 3.63) is 33.2 Å². The Kier molecular flexibility index (Phi) is 5.12. The molecule has 3 N–H and O–H groups in total. The number of anilines is 1. The van der Waals surface area contributed by atoms with Gasteiger partial charge in [0.1, 0.15) is 5.69 Å². The fourth-order valence-corrected chi connectivity index (χ4v) is 4.93. The average Bonchev–Trinajstić information content (AvgIpc) is 3.47. The maximum absolute atomic E-state index is 11.5. The van der Waals surface area contributed by atoms with E-state index in [1.807, 2.05) is 0 Å². The minimum Gasteiger partial charge on any atom is -0.493 e. The first kappa shape index (κ1) is 20.4. The van der Waals surface area contributed by atoms with Gasteiger partial charge in [-0.3, -0.25) is 4.98 Å². The summed E-state index contributed by atoms with van der Waals surface area (Å²) in [6.45, 7) is 4.28. The Morgan fingerprint density at radius 1 is 1.03 bits per heavy atom. The number of aromatic amines is 2. The van der Waals surface area contributed by atoms with Crippen LogP contribution in [0, 0.1) is 0 Å². The van der Waals surface area contributed by atoms with Crippen molar-refractivity contribution in [1.82, 2.24) is 34.4 Å². The minimum atomic E-state index is -0.466. The van der Waals surface area contributed by atoms with E-state index in [0.717, 1.165) is 38.8 Å². The first-order chi connectivity index (χ1) is 16.1. The van der Waals surface area contributed by atoms with Crippen molar-refractivity contribution in [3.8, 4) is 5.88 Å². The second kappa shape index (κ2) is 8.29. The molecule has 0 radical (unpaired) electrons. The summed E-state index contributed by atoms with van der Waals surface area (Å²) in [5, 5.41) is 15.1. The van der Waals surface area contributed by atoms with Gasteiger partial charge < -0.3 is 19.9 Å². The van der Waals surface area contributed by atoms with E-state index in [0.29, 0.717) is 34.5 Å². The predicted octanol–water partition coefficient (Wildman–Crippen LogP) is -0.0882. The van der Waals surface area contributed by atoms with Crippen molar-refractivity contribution in [2.75, 3.05) is 31.1 Å². The number of rotatable bonds is 4. The van der Waals surface area contributed by atoms with Crippen molar-refractivity contribution >= 4 is 17.7 Å². The second-order valence-corrected chi connectivity index (χ2v) is 9.32. The molecule has 0 amide bonds. The highest BCUT2D eigenvalue weighted by Crippen LogP contribution is 2.24. The third-order valence-electron chi connectivity index (χ3n) is 6.90. The molecule has 3 aliphatic rings. The molecule has 5 heterocycles. The lowest BCUT2D eigenvalue weighted by atomic mass is 10.0. The zero-order valence-corrected chi connectivity index (χ0v) is 18.6. The van der Waals surface area contributed by atoms with E-state index < -0.39 is 5.69 Å². The Morgan fingerprint density at radius 3 is 2.52 bits per heavy atom. The fourth-order valence-electron chi connectivity index (χ4n) is 4.93. The summed E-state index contributed by atoms with van der Waals surface area (Å²) >= 11 is 0. The molecular formula is C22H29N9O2. The highest BCUT2D eigenvalue weighted by atomic mass is 16.3. The Balaban J connectivity index is 1.35. The van der Waals surface area contributed by atoms with Crippen LogP contribution in [0.25, 0.3) is 11.7 Å². The molecule has 0 atom stereocenters. The summed E-state index contributed by atoms with van der Waals surface area (Å²) < 4.78 is 1.65. The fraction of sp³-hybridized carbons (Fsp3) is 0.591. The lowest BCUT2D eigenvalue weighted by Gasteiger charge is -2.40. The molecule has 3 aromatic rings. The topological polar surface area (TPSA) is 131 Å². The molecule has 0 spiro atoms. The molecule has 6 rings (SSSR count). The maximum atomic E-state index is 11.5. The Labute approximate surface area is 189 Å². The number of nitrogens with zero attached hydrogens (tertiary/aromatic N) is 7. The molecular weight excluding hydrogens is 422 g/mol. The summed E-state index contributed by atoms with van der Waals surface area (Å²) in [7, 11) is 0. The van der Waals surface area contributed by atoms with E-state index in [-0.39, 0.29) is 11.6 Å². The molecule has 1 saturated carbocycles. The quantitative estimate of drug-likeness (QED) is 0.505. The molecule has 0 bridgehead atoms. The van der Waals surface area contributed by atoms with Gasteiger partial charge in [0.25, 0.3) is 5.62 Å². The van der Waals surface area contributed by atoms with Gasteiger partial charge in [0, 0.05) is 24.4 Å². The monoisotopic (exact) mass is 451 g/mol. The first-order valence-corrected chi connectivity index (χ1v) is 12.0. The molecule has 1 aliphatic carbocycles. The molecule has 11 nitrogen and oxygen atoms in total. The van der Waals surface area contributed by atoms with Gasteiger partial charge in [0.05, 0.1) is 12.2 Å². The number of hydrogen-bond acceptors (Lipinski definition) is 8. The Bertz CT molecular complexity index is 1320. The van der Waals surface area contributed by atoms with Crippen molar-refractivity contribution < 1.29 is 5.11 Å². The lowest BCUT2D eigenvalue weighted by Crippen LogP contribution is -2.47. The summed E-state index contributed by atoms with van der Waals surface area (Å²) in [5.74, 6) is 0.456. The van der Waals surface area contributed by atoms with E-state index in [9.17, 15) is 9.90 Å². The number of fused-ring (bicyclic) bond motifs is 1. The summed E-state index contributed by atoms with van der Waals surface area (Å²) in [6, 6.07) is 0.940. The highest BCUT2D eigenvalue weighted by molar-refractivity contribution is 5.57. The second-order valence-electron chi connectivity index (χ2n) is 9.32. The summed E-state index contributed by atoms with van der Waals surface area (Å²) in [4.78, 5) is 35.8. The van der Waals surface area contributed by atoms with Crippen LogP contribution in [0.3, 0.4) is 0 Å². The number of aromatic hydroxyl groups is 1. The van der Waals surface area contributed by atoms with Crippen LogP contribution >= 0.6 is 0 Å². The smallest absolute Gasteiger partial charge is 0.326 e. The lowest BCUT2D eigenvalue weighted by molar-refractivity contribution is 0.141. The third kappa shape index (κ3) is 4.12. The Morgan fingerprint density at radius 2 is 1.82 bits per heavy atom. The van der Waals surface area contributed by atoms with Crippen LogP contribution in [-0.4, -0.2) is 77.8 Å². The van der Waals surface area contributed by atoms with Crippen LogP contribution in [-0.2, 0) is 0 Å². The largest absolute Gasteiger partial charge is 0.493 e. The molecule has 3 aromatic heterocycles. The third-order valence-corrected chi connectivity index (χ3v) is 6.90. The molecule has 2 saturated heterocycles. The number of hydrogen-bond donors (Lipinski definition) is 3. The average molecular weight is 452 g/mol. The standard InChI is InChI=1S/C22H29N9O2/c32-19-17(25-22(33)27-19)12-14-13-23-31-18(14)26-20(28-21(31)24-15-4-5-15)30-10-6-16(7-11-30)29-8-2-1-3-9-29/h12-13,15-16,32H,1-11H2,(H2,25,27,33). The molecule has 33 heavy (non-hydrogen) atoms. The van der Waals surface area contributed by atoms with E-state index in [4.69, 9.17) is 15.0 Å². The van der Waals surface area contributed by atoms with Gasteiger partial charge in [-0.1, -0.05) is 6.42 Å². The van der Waals surface area contributed by atoms with Gasteiger partial charge >= 0.3 is 5.69 Å². The molecule has 174 valence electrons. The van der Waals surface area contributed by atoms with Crippen LogP contribution in [0.15, 0.2) is 16.0 Å². The van der Waals surface area contributed by atoms with Crippen LogP contribution in [0.4, 0.5) is 5.95 Å². The van der Waals surface area contributed by atoms with Gasteiger partial charge in [0.15, 0.2) is 5.65 Å². The first-order valence-electron chi connectivity index (χ1n) is 12.0. The van der Waals surface area contributed by atoms with Gasteiger partial charge in [-0.2, -0.15) is 19.6 Å². The van der Waals surface area contributed by atoms with Crippen LogP contribution in [0.5, 0.6) is 5.88 Å². The number of likely N-dealkylation sites (tertiary alicyclic amines) is 1. The van der Waals surface area contributed by atoms with Crippen LogP contribution in [0.2, 0.25) is 0 Å². The van der Waals surface area contributed by atoms with E-state index in [1.54, 1.807) is 16.8 Å². The summed E-state index contributed by atoms with van der Waals surface area (Å²) in [6.07, 6.45) is 11.7. The molecule has 2 aliphatic heterocycles. The molecule has 11 heteroatoms. The maximum Gasteiger partial charge on any atom is 0.326 e. The predicted molar refractivity (Wildman–Crippen MR) is 122 cm³/mol. The minimum absolute atomic E-state index is 0.212. The molecule has 3 fully saturated rings. The SMILES string of the molecule is O=c1[nH]c(O)c(C=c2cnn3c(=NC4CC4)nc(N4CCC(N5CCCCC5)CC4)nc23)[nH]1. The van der Waals surface area contributed by atoms with Crippen molar-refractivity contribution in [1.29, 1.82) is 0 Å². The van der Waals surface area contributed by atoms with Crippen molar-refractivity contribution in [3.63, 3.8) is 0 Å². The Hall–Kier alpha value is -3.21. The normalized spacial score (nSPS) is 22.0. The number of nitrogens with one attached hydrogen (secondary N) is 2. The highest BCUT2D eigenvalue weighted by Gasteiger charge is 2.27. The summed E-state index contributed by atoms with van der Waals surface area (Å²) in [5.41, 5.74) is 0.991. The van der Waals surface area contributed by atoms with Gasteiger partial charge in [-0.15, -0.1) is 0 Å². The number of piperidine rings is 2. The molecule has 0 unspecified atom stereocenters.